The highest BCUT2D eigenvalue weighted by Crippen LogP contribution is 2.28. The number of ether oxygens (including phenoxy) is 2. The van der Waals surface area contributed by atoms with Crippen molar-refractivity contribution in [3.63, 3.8) is 0 Å². The van der Waals surface area contributed by atoms with Crippen LogP contribution in [0.3, 0.4) is 0 Å². The van der Waals surface area contributed by atoms with Gasteiger partial charge in [-0.15, -0.1) is 0 Å². The molecule has 35 heavy (non-hydrogen) atoms. The zero-order valence-electron chi connectivity index (χ0n) is 19.6. The first-order chi connectivity index (χ1) is 17.1. The van der Waals surface area contributed by atoms with E-state index < -0.39 is 0 Å². The smallest absolute Gasteiger partial charge is 0.283 e. The number of aliphatic imine (C=N–C) groups is 1. The molecule has 0 spiro atoms. The number of aromatic nitrogens is 3. The van der Waals surface area contributed by atoms with Crippen molar-refractivity contribution in [1.82, 2.24) is 14.8 Å². The lowest BCUT2D eigenvalue weighted by Gasteiger charge is -2.05. The molecule has 2 heterocycles. The molecule has 0 saturated heterocycles. The standard InChI is InChI=1S/C27H24N4O3S/c1-4-34-21-15-11-19(12-16-21)28-17(2)24-25(18-9-13-20(33-3)14-10-18)30-31(26(24)32)27-29-22-7-5-6-8-23(22)35-27/h5-16,30H,4H2,1-3H3. The van der Waals surface area contributed by atoms with E-state index in [1.54, 1.807) is 7.11 Å². The molecule has 5 aromatic rings. The monoisotopic (exact) mass is 484 g/mol. The van der Waals surface area contributed by atoms with Gasteiger partial charge in [0.25, 0.3) is 5.56 Å². The summed E-state index contributed by atoms with van der Waals surface area (Å²) in [6, 6.07) is 22.9. The lowest BCUT2D eigenvalue weighted by atomic mass is 10.0. The molecular formula is C27H24N4O3S. The Balaban J connectivity index is 1.64. The number of rotatable bonds is 7. The van der Waals surface area contributed by atoms with Crippen LogP contribution in [0.2, 0.25) is 0 Å². The Kier molecular flexibility index (Phi) is 6.20. The summed E-state index contributed by atoms with van der Waals surface area (Å²) >= 11 is 1.46. The molecule has 1 N–H and O–H groups in total. The molecule has 2 aromatic heterocycles. The zero-order valence-corrected chi connectivity index (χ0v) is 20.4. The molecule has 0 atom stereocenters. The SMILES string of the molecule is CCOc1ccc(N=C(C)c2c(-c3ccc(OC)cc3)[nH]n(-c3nc4ccccc4s3)c2=O)cc1. The Morgan fingerprint density at radius 2 is 1.74 bits per heavy atom. The van der Waals surface area contributed by atoms with Crippen LogP contribution in [0.15, 0.2) is 82.6 Å². The van der Waals surface area contributed by atoms with Gasteiger partial charge in [-0.2, -0.15) is 4.68 Å². The third-order valence-electron chi connectivity index (χ3n) is 5.55. The van der Waals surface area contributed by atoms with Crippen molar-refractivity contribution in [2.75, 3.05) is 13.7 Å². The quantitative estimate of drug-likeness (QED) is 0.288. The number of thiazole rings is 1. The van der Waals surface area contributed by atoms with Gasteiger partial charge in [0.2, 0.25) is 5.13 Å². The van der Waals surface area contributed by atoms with E-state index in [2.05, 4.69) is 10.1 Å². The van der Waals surface area contributed by atoms with Gasteiger partial charge in [-0.25, -0.2) is 4.98 Å². The minimum Gasteiger partial charge on any atom is -0.497 e. The predicted molar refractivity (Wildman–Crippen MR) is 141 cm³/mol. The van der Waals surface area contributed by atoms with E-state index in [9.17, 15) is 4.79 Å². The molecule has 0 aliphatic heterocycles. The summed E-state index contributed by atoms with van der Waals surface area (Å²) in [5.41, 5.74) is 3.98. The average molecular weight is 485 g/mol. The van der Waals surface area contributed by atoms with Crippen LogP contribution in [-0.2, 0) is 0 Å². The topological polar surface area (TPSA) is 81.5 Å². The molecule has 5 rings (SSSR count). The fourth-order valence-corrected chi connectivity index (χ4v) is 4.79. The molecule has 0 amide bonds. The number of benzene rings is 3. The molecule has 7 nitrogen and oxygen atoms in total. The molecule has 0 aliphatic rings. The van der Waals surface area contributed by atoms with Crippen LogP contribution < -0.4 is 15.0 Å². The largest absolute Gasteiger partial charge is 0.497 e. The third-order valence-corrected chi connectivity index (χ3v) is 6.57. The van der Waals surface area contributed by atoms with Crippen molar-refractivity contribution in [2.45, 2.75) is 13.8 Å². The maximum absolute atomic E-state index is 13.7. The first-order valence-electron chi connectivity index (χ1n) is 11.2. The number of aromatic amines is 1. The van der Waals surface area contributed by atoms with E-state index in [-0.39, 0.29) is 5.56 Å². The van der Waals surface area contributed by atoms with Crippen molar-refractivity contribution in [3.8, 4) is 27.9 Å². The predicted octanol–water partition coefficient (Wildman–Crippen LogP) is 5.99. The van der Waals surface area contributed by atoms with Gasteiger partial charge in [0.1, 0.15) is 11.5 Å². The molecule has 176 valence electrons. The molecular weight excluding hydrogens is 460 g/mol. The minimum atomic E-state index is -0.206. The number of methoxy groups -OCH3 is 1. The number of fused-ring (bicyclic) bond motifs is 1. The van der Waals surface area contributed by atoms with E-state index in [0.717, 1.165) is 33.0 Å². The molecule has 0 unspecified atom stereocenters. The fourth-order valence-electron chi connectivity index (χ4n) is 3.86. The van der Waals surface area contributed by atoms with Crippen LogP contribution in [-0.4, -0.2) is 34.2 Å². The van der Waals surface area contributed by atoms with E-state index >= 15 is 0 Å². The lowest BCUT2D eigenvalue weighted by molar-refractivity contribution is 0.340. The van der Waals surface area contributed by atoms with E-state index in [0.29, 0.717) is 28.7 Å². The maximum Gasteiger partial charge on any atom is 0.283 e. The summed E-state index contributed by atoms with van der Waals surface area (Å²) < 4.78 is 13.3. The molecule has 3 aromatic carbocycles. The van der Waals surface area contributed by atoms with E-state index in [4.69, 9.17) is 14.5 Å². The number of nitrogens with zero attached hydrogens (tertiary/aromatic N) is 3. The summed E-state index contributed by atoms with van der Waals surface area (Å²) in [7, 11) is 1.62. The summed E-state index contributed by atoms with van der Waals surface area (Å²) in [6.07, 6.45) is 0. The number of H-pyrrole nitrogens is 1. The Bertz CT molecular complexity index is 1530. The number of hydrogen-bond donors (Lipinski definition) is 1. The maximum atomic E-state index is 13.7. The van der Waals surface area contributed by atoms with Gasteiger partial charge in [0, 0.05) is 5.56 Å². The molecule has 8 heteroatoms. The van der Waals surface area contributed by atoms with Gasteiger partial charge < -0.3 is 9.47 Å². The molecule has 0 fully saturated rings. The number of hydrogen-bond acceptors (Lipinski definition) is 6. The van der Waals surface area contributed by atoms with Gasteiger partial charge in [0.05, 0.1) is 46.6 Å². The van der Waals surface area contributed by atoms with E-state index in [1.807, 2.05) is 86.6 Å². The number of nitrogens with one attached hydrogen (secondary N) is 1. The van der Waals surface area contributed by atoms with Gasteiger partial charge in [-0.3, -0.25) is 14.9 Å². The van der Waals surface area contributed by atoms with Crippen LogP contribution in [0.4, 0.5) is 5.69 Å². The first kappa shape index (κ1) is 22.6. The second-order valence-corrected chi connectivity index (χ2v) is 8.83. The Hall–Kier alpha value is -4.17. The van der Waals surface area contributed by atoms with Crippen LogP contribution in [0.1, 0.15) is 19.4 Å². The highest BCUT2D eigenvalue weighted by Gasteiger charge is 2.21. The molecule has 0 saturated carbocycles. The molecule has 0 bridgehead atoms. The van der Waals surface area contributed by atoms with Crippen molar-refractivity contribution in [2.24, 2.45) is 4.99 Å². The average Bonchev–Trinajstić information content (AvgIpc) is 3.46. The summed E-state index contributed by atoms with van der Waals surface area (Å²) in [5.74, 6) is 1.52. The summed E-state index contributed by atoms with van der Waals surface area (Å²) in [4.78, 5) is 23.1. The fraction of sp³-hybridized carbons (Fsp3) is 0.148. The second-order valence-electron chi connectivity index (χ2n) is 7.82. The van der Waals surface area contributed by atoms with Gasteiger partial charge >= 0.3 is 0 Å². The first-order valence-corrected chi connectivity index (χ1v) is 12.0. The van der Waals surface area contributed by atoms with Gasteiger partial charge in [0.15, 0.2) is 0 Å². The van der Waals surface area contributed by atoms with Crippen molar-refractivity contribution < 1.29 is 9.47 Å². The van der Waals surface area contributed by atoms with Crippen LogP contribution in [0.5, 0.6) is 11.5 Å². The van der Waals surface area contributed by atoms with Crippen LogP contribution >= 0.6 is 11.3 Å². The van der Waals surface area contributed by atoms with Crippen molar-refractivity contribution >= 4 is 33.0 Å². The molecule has 0 radical (unpaired) electrons. The molecule has 0 aliphatic carbocycles. The van der Waals surface area contributed by atoms with Crippen LogP contribution in [0, 0.1) is 0 Å². The third kappa shape index (κ3) is 4.48. The highest BCUT2D eigenvalue weighted by atomic mass is 32.1. The zero-order chi connectivity index (χ0) is 24.4. The highest BCUT2D eigenvalue weighted by molar-refractivity contribution is 7.20. The second kappa shape index (κ2) is 9.60. The number of para-hydroxylation sites is 1. The minimum absolute atomic E-state index is 0.206. The summed E-state index contributed by atoms with van der Waals surface area (Å²) in [6.45, 7) is 4.39. The van der Waals surface area contributed by atoms with Crippen molar-refractivity contribution in [1.29, 1.82) is 0 Å². The summed E-state index contributed by atoms with van der Waals surface area (Å²) in [5, 5.41) is 3.86. The Morgan fingerprint density at radius 3 is 2.43 bits per heavy atom. The lowest BCUT2D eigenvalue weighted by Crippen LogP contribution is -2.19. The Morgan fingerprint density at radius 1 is 1.03 bits per heavy atom. The van der Waals surface area contributed by atoms with Crippen LogP contribution in [0.25, 0.3) is 26.6 Å². The Labute approximate surface area is 206 Å². The van der Waals surface area contributed by atoms with Gasteiger partial charge in [-0.05, 0) is 74.5 Å². The van der Waals surface area contributed by atoms with Crippen molar-refractivity contribution in [3.05, 3.63) is 88.7 Å². The van der Waals surface area contributed by atoms with Gasteiger partial charge in [-0.1, -0.05) is 23.5 Å². The van der Waals surface area contributed by atoms with E-state index in [1.165, 1.54) is 16.0 Å². The normalized spacial score (nSPS) is 11.7.